The van der Waals surface area contributed by atoms with E-state index in [1.54, 1.807) is 0 Å². The number of halogens is 1. The fourth-order valence-electron chi connectivity index (χ4n) is 4.24. The predicted molar refractivity (Wildman–Crippen MR) is 122 cm³/mol. The first kappa shape index (κ1) is 18.9. The molecule has 1 fully saturated rings. The number of rotatable bonds is 3. The Balaban J connectivity index is 1.56. The fourth-order valence-corrected chi connectivity index (χ4v) is 4.79. The van der Waals surface area contributed by atoms with Crippen LogP contribution in [-0.4, -0.2) is 32.8 Å². The number of benzene rings is 1. The molecule has 1 N–H and O–H groups in total. The highest BCUT2D eigenvalue weighted by Crippen LogP contribution is 2.41. The summed E-state index contributed by atoms with van der Waals surface area (Å²) < 4.78 is 2.80. The Kier molecular flexibility index (Phi) is 4.80. The van der Waals surface area contributed by atoms with Gasteiger partial charge in [0.1, 0.15) is 5.65 Å². The third-order valence-electron chi connectivity index (χ3n) is 5.86. The zero-order valence-corrected chi connectivity index (χ0v) is 18.2. The molecular formula is C23H21BrN6. The Hall–Kier alpha value is -3.11. The highest BCUT2D eigenvalue weighted by Gasteiger charge is 2.24. The molecule has 1 aromatic carbocycles. The van der Waals surface area contributed by atoms with Crippen molar-refractivity contribution in [3.63, 3.8) is 0 Å². The summed E-state index contributed by atoms with van der Waals surface area (Å²) in [5.41, 5.74) is 6.56. The van der Waals surface area contributed by atoms with E-state index in [-0.39, 0.29) is 5.92 Å². The smallest absolute Gasteiger partial charge is 0.140 e. The molecule has 6 nitrogen and oxygen atoms in total. The number of nitrogens with zero attached hydrogens (tertiary/aromatic N) is 5. The molecule has 0 bridgehead atoms. The van der Waals surface area contributed by atoms with E-state index in [0.29, 0.717) is 0 Å². The predicted octanol–water partition coefficient (Wildman–Crippen LogP) is 5.13. The maximum absolute atomic E-state index is 9.24. The molecule has 30 heavy (non-hydrogen) atoms. The van der Waals surface area contributed by atoms with Crippen molar-refractivity contribution in [1.29, 1.82) is 5.26 Å². The van der Waals surface area contributed by atoms with E-state index < -0.39 is 0 Å². The monoisotopic (exact) mass is 460 g/mol. The summed E-state index contributed by atoms with van der Waals surface area (Å²) in [5.74, 6) is 0.156. The van der Waals surface area contributed by atoms with Gasteiger partial charge in [-0.3, -0.25) is 4.68 Å². The van der Waals surface area contributed by atoms with Crippen LogP contribution in [-0.2, 0) is 7.05 Å². The Labute approximate surface area is 183 Å². The number of aromatic amines is 1. The van der Waals surface area contributed by atoms with Gasteiger partial charge >= 0.3 is 0 Å². The first-order valence-corrected chi connectivity index (χ1v) is 10.8. The van der Waals surface area contributed by atoms with E-state index in [4.69, 9.17) is 0 Å². The molecule has 4 aromatic rings. The molecule has 150 valence electrons. The van der Waals surface area contributed by atoms with Crippen molar-refractivity contribution in [1.82, 2.24) is 19.7 Å². The number of hydrogen-bond donors (Lipinski definition) is 1. The number of nitriles is 1. The average Bonchev–Trinajstić information content (AvgIpc) is 3.40. The van der Waals surface area contributed by atoms with E-state index >= 15 is 0 Å². The molecule has 0 amide bonds. The third kappa shape index (κ3) is 3.27. The van der Waals surface area contributed by atoms with E-state index in [2.05, 4.69) is 66.2 Å². The summed E-state index contributed by atoms with van der Waals surface area (Å²) in [4.78, 5) is 10.3. The van der Waals surface area contributed by atoms with Crippen LogP contribution in [0.5, 0.6) is 0 Å². The van der Waals surface area contributed by atoms with Gasteiger partial charge in [-0.2, -0.15) is 10.4 Å². The lowest BCUT2D eigenvalue weighted by molar-refractivity contribution is 0.488. The first-order valence-electron chi connectivity index (χ1n) is 10.0. The standard InChI is InChI=1S/C23H21BrN6/c1-29-14-18(11-28-29)16-2-4-17(5-3-16)19-12-26-23-21(19)22(20(24)13-27-23)30-8-6-15(10-25)7-9-30/h2-5,11-15H,6-9H2,1H3,(H,26,27). The summed E-state index contributed by atoms with van der Waals surface area (Å²) in [6.07, 6.45) is 9.59. The van der Waals surface area contributed by atoms with Gasteiger partial charge in [0, 0.05) is 55.8 Å². The van der Waals surface area contributed by atoms with Crippen molar-refractivity contribution < 1.29 is 0 Å². The topological polar surface area (TPSA) is 73.5 Å². The minimum atomic E-state index is 0.156. The van der Waals surface area contributed by atoms with Crippen LogP contribution in [0.15, 0.2) is 53.5 Å². The molecule has 0 saturated carbocycles. The van der Waals surface area contributed by atoms with E-state index in [1.165, 1.54) is 0 Å². The average molecular weight is 461 g/mol. The molecule has 0 atom stereocenters. The molecule has 5 rings (SSSR count). The Morgan fingerprint density at radius 3 is 2.50 bits per heavy atom. The second-order valence-electron chi connectivity index (χ2n) is 7.75. The number of hydrogen-bond acceptors (Lipinski definition) is 4. The number of nitrogens with one attached hydrogen (secondary N) is 1. The van der Waals surface area contributed by atoms with Crippen LogP contribution in [0.4, 0.5) is 5.69 Å². The zero-order valence-electron chi connectivity index (χ0n) is 16.6. The summed E-state index contributed by atoms with van der Waals surface area (Å²) >= 11 is 3.73. The van der Waals surface area contributed by atoms with E-state index in [1.807, 2.05) is 36.5 Å². The van der Waals surface area contributed by atoms with Gasteiger partial charge in [0.25, 0.3) is 0 Å². The second-order valence-corrected chi connectivity index (χ2v) is 8.61. The number of pyridine rings is 1. The van der Waals surface area contributed by atoms with Crippen LogP contribution in [0.1, 0.15) is 12.8 Å². The van der Waals surface area contributed by atoms with Crippen LogP contribution in [0.25, 0.3) is 33.3 Å². The van der Waals surface area contributed by atoms with Gasteiger partial charge < -0.3 is 9.88 Å². The fraction of sp³-hybridized carbons (Fsp3) is 0.261. The van der Waals surface area contributed by atoms with Crippen molar-refractivity contribution in [2.45, 2.75) is 12.8 Å². The number of aromatic nitrogens is 4. The van der Waals surface area contributed by atoms with Crippen LogP contribution < -0.4 is 4.90 Å². The highest BCUT2D eigenvalue weighted by atomic mass is 79.9. The Morgan fingerprint density at radius 2 is 1.83 bits per heavy atom. The van der Waals surface area contributed by atoms with Gasteiger partial charge in [-0.25, -0.2) is 4.98 Å². The van der Waals surface area contributed by atoms with Crippen molar-refractivity contribution in [3.05, 3.63) is 53.5 Å². The number of fused-ring (bicyclic) bond motifs is 1. The van der Waals surface area contributed by atoms with Gasteiger partial charge in [0.05, 0.1) is 27.8 Å². The van der Waals surface area contributed by atoms with Gasteiger partial charge in [0.2, 0.25) is 0 Å². The van der Waals surface area contributed by atoms with Crippen molar-refractivity contribution in [2.24, 2.45) is 13.0 Å². The lowest BCUT2D eigenvalue weighted by Crippen LogP contribution is -2.33. The molecule has 1 aliphatic rings. The largest absolute Gasteiger partial charge is 0.370 e. The van der Waals surface area contributed by atoms with E-state index in [9.17, 15) is 5.26 Å². The molecule has 7 heteroatoms. The van der Waals surface area contributed by atoms with Crippen molar-refractivity contribution >= 4 is 32.7 Å². The van der Waals surface area contributed by atoms with Crippen LogP contribution in [0, 0.1) is 17.2 Å². The minimum Gasteiger partial charge on any atom is -0.370 e. The maximum atomic E-state index is 9.24. The lowest BCUT2D eigenvalue weighted by Gasteiger charge is -2.32. The molecular weight excluding hydrogens is 440 g/mol. The van der Waals surface area contributed by atoms with Crippen LogP contribution >= 0.6 is 15.9 Å². The molecule has 0 aliphatic carbocycles. The maximum Gasteiger partial charge on any atom is 0.140 e. The van der Waals surface area contributed by atoms with Crippen LogP contribution in [0.2, 0.25) is 0 Å². The summed E-state index contributed by atoms with van der Waals surface area (Å²) in [6, 6.07) is 11.0. The second kappa shape index (κ2) is 7.62. The molecule has 0 radical (unpaired) electrons. The summed E-state index contributed by atoms with van der Waals surface area (Å²) in [6.45, 7) is 1.75. The molecule has 3 aromatic heterocycles. The molecule has 1 aliphatic heterocycles. The number of aryl methyl sites for hydroxylation is 1. The third-order valence-corrected chi connectivity index (χ3v) is 6.44. The quantitative estimate of drug-likeness (QED) is 0.459. The van der Waals surface area contributed by atoms with Gasteiger partial charge in [-0.15, -0.1) is 0 Å². The van der Waals surface area contributed by atoms with E-state index in [0.717, 1.165) is 69.4 Å². The normalized spacial score (nSPS) is 14.9. The lowest BCUT2D eigenvalue weighted by atomic mass is 9.97. The molecule has 0 unspecified atom stereocenters. The van der Waals surface area contributed by atoms with Crippen LogP contribution in [0.3, 0.4) is 0 Å². The number of H-pyrrole nitrogens is 1. The Bertz CT molecular complexity index is 1240. The molecule has 1 saturated heterocycles. The van der Waals surface area contributed by atoms with Gasteiger partial charge in [0.15, 0.2) is 0 Å². The van der Waals surface area contributed by atoms with Gasteiger partial charge in [-0.05, 0) is 39.9 Å². The highest BCUT2D eigenvalue weighted by molar-refractivity contribution is 9.10. The molecule has 4 heterocycles. The van der Waals surface area contributed by atoms with Crippen molar-refractivity contribution in [2.75, 3.05) is 18.0 Å². The number of piperidine rings is 1. The Morgan fingerprint density at radius 1 is 1.10 bits per heavy atom. The van der Waals surface area contributed by atoms with Crippen molar-refractivity contribution in [3.8, 4) is 28.3 Å². The minimum absolute atomic E-state index is 0.156. The summed E-state index contributed by atoms with van der Waals surface area (Å²) in [7, 11) is 1.93. The first-order chi connectivity index (χ1) is 14.6. The van der Waals surface area contributed by atoms with Gasteiger partial charge in [-0.1, -0.05) is 24.3 Å². The number of anilines is 1. The molecule has 0 spiro atoms. The zero-order chi connectivity index (χ0) is 20.7. The SMILES string of the molecule is Cn1cc(-c2ccc(-c3c[nH]c4ncc(Br)c(N5CCC(C#N)CC5)c34)cc2)cn1. The summed E-state index contributed by atoms with van der Waals surface area (Å²) in [5, 5.41) is 14.6.